The van der Waals surface area contributed by atoms with E-state index in [0.29, 0.717) is 11.5 Å². The lowest BCUT2D eigenvalue weighted by molar-refractivity contribution is 0.129. The Morgan fingerprint density at radius 3 is 2.21 bits per heavy atom. The molecule has 0 aromatic heterocycles. The molecule has 2 aromatic carbocycles. The van der Waals surface area contributed by atoms with Crippen LogP contribution in [0.2, 0.25) is 0 Å². The van der Waals surface area contributed by atoms with Crippen molar-refractivity contribution in [2.75, 3.05) is 26.7 Å². The molecule has 1 saturated heterocycles. The van der Waals surface area contributed by atoms with Gasteiger partial charge in [0.15, 0.2) is 5.96 Å². The molecule has 0 spiro atoms. The molecule has 0 amide bonds. The number of ether oxygens (including phenoxy) is 1. The molecule has 1 N–H and O–H groups in total. The van der Waals surface area contributed by atoms with Crippen LogP contribution in [0, 0.1) is 0 Å². The summed E-state index contributed by atoms with van der Waals surface area (Å²) in [7, 11) is 1.89. The standard InChI is InChI=1S/C23H29N3O.HI/c1-24-22(25-18-23(14-15-23)19-8-4-2-5-9-19)26-16-12-21(13-17-26)27-20-10-6-3-7-11-20;/h2-11,21H,12-18H2,1H3,(H,24,25);1H. The summed E-state index contributed by atoms with van der Waals surface area (Å²) in [4.78, 5) is 6.90. The summed E-state index contributed by atoms with van der Waals surface area (Å²) in [6, 6.07) is 21.0. The molecule has 4 nitrogen and oxygen atoms in total. The van der Waals surface area contributed by atoms with Crippen molar-refractivity contribution in [2.24, 2.45) is 4.99 Å². The Hall–Kier alpha value is -1.76. The fourth-order valence-corrected chi connectivity index (χ4v) is 3.97. The van der Waals surface area contributed by atoms with Crippen LogP contribution in [-0.2, 0) is 5.41 Å². The van der Waals surface area contributed by atoms with E-state index in [4.69, 9.17) is 4.74 Å². The van der Waals surface area contributed by atoms with Crippen LogP contribution >= 0.6 is 24.0 Å². The van der Waals surface area contributed by atoms with Crippen LogP contribution in [-0.4, -0.2) is 43.6 Å². The maximum atomic E-state index is 6.11. The Kier molecular flexibility index (Phi) is 7.21. The number of piperidine rings is 1. The van der Waals surface area contributed by atoms with Gasteiger partial charge in [-0.3, -0.25) is 4.99 Å². The number of halogens is 1. The van der Waals surface area contributed by atoms with Gasteiger partial charge in [0, 0.05) is 44.9 Å². The predicted molar refractivity (Wildman–Crippen MR) is 126 cm³/mol. The first-order chi connectivity index (χ1) is 13.3. The second-order valence-corrected chi connectivity index (χ2v) is 7.66. The molecule has 1 aliphatic carbocycles. The lowest BCUT2D eigenvalue weighted by Gasteiger charge is -2.35. The summed E-state index contributed by atoms with van der Waals surface area (Å²) in [5.41, 5.74) is 1.74. The SMILES string of the molecule is CN=C(NCC1(c2ccccc2)CC1)N1CCC(Oc2ccccc2)CC1.I. The van der Waals surface area contributed by atoms with Crippen LogP contribution in [0.4, 0.5) is 0 Å². The lowest BCUT2D eigenvalue weighted by Crippen LogP contribution is -2.49. The van der Waals surface area contributed by atoms with E-state index in [0.717, 1.165) is 44.2 Å². The Balaban J connectivity index is 0.00000225. The Labute approximate surface area is 185 Å². The predicted octanol–water partition coefficient (Wildman–Crippen LogP) is 4.46. The number of para-hydroxylation sites is 1. The van der Waals surface area contributed by atoms with Crippen LogP contribution < -0.4 is 10.1 Å². The maximum absolute atomic E-state index is 6.11. The zero-order valence-electron chi connectivity index (χ0n) is 16.5. The lowest BCUT2D eigenvalue weighted by atomic mass is 9.96. The highest BCUT2D eigenvalue weighted by atomic mass is 127. The van der Waals surface area contributed by atoms with Gasteiger partial charge in [-0.1, -0.05) is 48.5 Å². The molecular formula is C23H30IN3O. The average Bonchev–Trinajstić information content (AvgIpc) is 3.52. The van der Waals surface area contributed by atoms with Gasteiger partial charge in [-0.2, -0.15) is 0 Å². The number of nitrogens with zero attached hydrogens (tertiary/aromatic N) is 2. The van der Waals surface area contributed by atoms with Crippen molar-refractivity contribution in [3.05, 3.63) is 66.2 Å². The van der Waals surface area contributed by atoms with Gasteiger partial charge >= 0.3 is 0 Å². The molecule has 4 rings (SSSR count). The number of benzene rings is 2. The van der Waals surface area contributed by atoms with E-state index < -0.39 is 0 Å². The zero-order valence-corrected chi connectivity index (χ0v) is 18.8. The van der Waals surface area contributed by atoms with E-state index >= 15 is 0 Å². The highest BCUT2D eigenvalue weighted by Gasteiger charge is 2.44. The quantitative estimate of drug-likeness (QED) is 0.382. The fraction of sp³-hybridized carbons (Fsp3) is 0.435. The number of hydrogen-bond acceptors (Lipinski definition) is 2. The summed E-state index contributed by atoms with van der Waals surface area (Å²) in [5.74, 6) is 1.99. The molecule has 150 valence electrons. The Bertz CT molecular complexity index is 754. The number of rotatable bonds is 5. The third-order valence-electron chi connectivity index (χ3n) is 5.82. The summed E-state index contributed by atoms with van der Waals surface area (Å²) in [6.07, 6.45) is 4.86. The van der Waals surface area contributed by atoms with Gasteiger partial charge in [0.1, 0.15) is 11.9 Å². The van der Waals surface area contributed by atoms with Crippen LogP contribution in [0.1, 0.15) is 31.2 Å². The zero-order chi connectivity index (χ0) is 18.5. The molecule has 0 bridgehead atoms. The van der Waals surface area contributed by atoms with E-state index in [1.807, 2.05) is 37.4 Å². The summed E-state index contributed by atoms with van der Waals surface area (Å²) < 4.78 is 6.11. The highest BCUT2D eigenvalue weighted by molar-refractivity contribution is 14.0. The van der Waals surface area contributed by atoms with Crippen molar-refractivity contribution in [1.82, 2.24) is 10.2 Å². The van der Waals surface area contributed by atoms with Crippen molar-refractivity contribution >= 4 is 29.9 Å². The third-order valence-corrected chi connectivity index (χ3v) is 5.82. The first kappa shape index (κ1) is 21.0. The summed E-state index contributed by atoms with van der Waals surface area (Å²) in [5, 5.41) is 3.64. The number of likely N-dealkylation sites (tertiary alicyclic amines) is 1. The highest BCUT2D eigenvalue weighted by Crippen LogP contribution is 2.47. The molecule has 1 aliphatic heterocycles. The fourth-order valence-electron chi connectivity index (χ4n) is 3.97. The van der Waals surface area contributed by atoms with Crippen LogP contribution in [0.25, 0.3) is 0 Å². The Morgan fingerprint density at radius 2 is 1.64 bits per heavy atom. The Morgan fingerprint density at radius 1 is 1.04 bits per heavy atom. The van der Waals surface area contributed by atoms with E-state index in [2.05, 4.69) is 45.5 Å². The first-order valence-corrected chi connectivity index (χ1v) is 10.0. The molecule has 2 fully saturated rings. The molecule has 28 heavy (non-hydrogen) atoms. The second-order valence-electron chi connectivity index (χ2n) is 7.66. The van der Waals surface area contributed by atoms with Crippen molar-refractivity contribution in [3.63, 3.8) is 0 Å². The van der Waals surface area contributed by atoms with Crippen LogP contribution in [0.3, 0.4) is 0 Å². The molecule has 0 radical (unpaired) electrons. The molecule has 1 heterocycles. The largest absolute Gasteiger partial charge is 0.490 e. The molecule has 2 aliphatic rings. The van der Waals surface area contributed by atoms with Gasteiger partial charge in [0.2, 0.25) is 0 Å². The molecule has 0 unspecified atom stereocenters. The van der Waals surface area contributed by atoms with Crippen molar-refractivity contribution < 1.29 is 4.74 Å². The van der Waals surface area contributed by atoms with E-state index in [1.54, 1.807) is 0 Å². The van der Waals surface area contributed by atoms with Gasteiger partial charge in [0.05, 0.1) is 0 Å². The first-order valence-electron chi connectivity index (χ1n) is 10.0. The summed E-state index contributed by atoms with van der Waals surface area (Å²) >= 11 is 0. The van der Waals surface area contributed by atoms with Gasteiger partial charge in [0.25, 0.3) is 0 Å². The number of aliphatic imine (C=N–C) groups is 1. The molecule has 1 saturated carbocycles. The van der Waals surface area contributed by atoms with Crippen molar-refractivity contribution in [2.45, 2.75) is 37.2 Å². The third kappa shape index (κ3) is 4.99. The average molecular weight is 491 g/mol. The minimum absolute atomic E-state index is 0. The van der Waals surface area contributed by atoms with Crippen molar-refractivity contribution in [1.29, 1.82) is 0 Å². The van der Waals surface area contributed by atoms with E-state index in [1.165, 1.54) is 18.4 Å². The van der Waals surface area contributed by atoms with Gasteiger partial charge in [-0.05, 0) is 30.5 Å². The monoisotopic (exact) mass is 491 g/mol. The maximum Gasteiger partial charge on any atom is 0.193 e. The minimum atomic E-state index is 0. The van der Waals surface area contributed by atoms with Crippen molar-refractivity contribution in [3.8, 4) is 5.75 Å². The molecular weight excluding hydrogens is 461 g/mol. The van der Waals surface area contributed by atoms with Crippen LogP contribution in [0.15, 0.2) is 65.7 Å². The molecule has 5 heteroatoms. The smallest absolute Gasteiger partial charge is 0.193 e. The number of guanidine groups is 1. The molecule has 2 aromatic rings. The second kappa shape index (κ2) is 9.63. The number of nitrogens with one attached hydrogen (secondary N) is 1. The normalized spacial score (nSPS) is 18.9. The van der Waals surface area contributed by atoms with Gasteiger partial charge in [-0.15, -0.1) is 24.0 Å². The number of hydrogen-bond donors (Lipinski definition) is 1. The van der Waals surface area contributed by atoms with Crippen LogP contribution in [0.5, 0.6) is 5.75 Å². The molecule has 0 atom stereocenters. The van der Waals surface area contributed by atoms with Gasteiger partial charge in [-0.25, -0.2) is 0 Å². The van der Waals surface area contributed by atoms with Gasteiger partial charge < -0.3 is 15.0 Å². The topological polar surface area (TPSA) is 36.9 Å². The minimum Gasteiger partial charge on any atom is -0.490 e. The van der Waals surface area contributed by atoms with E-state index in [-0.39, 0.29) is 24.0 Å². The van der Waals surface area contributed by atoms with E-state index in [9.17, 15) is 0 Å². The summed E-state index contributed by atoms with van der Waals surface area (Å²) in [6.45, 7) is 2.93.